The summed E-state index contributed by atoms with van der Waals surface area (Å²) in [6.07, 6.45) is 1.72. The molecule has 1 fully saturated rings. The van der Waals surface area contributed by atoms with Crippen molar-refractivity contribution in [2.75, 3.05) is 29.9 Å². The molecule has 186 valence electrons. The van der Waals surface area contributed by atoms with Gasteiger partial charge in [-0.15, -0.1) is 0 Å². The van der Waals surface area contributed by atoms with Crippen LogP contribution in [0.5, 0.6) is 5.75 Å². The van der Waals surface area contributed by atoms with E-state index >= 15 is 0 Å². The largest absolute Gasteiger partial charge is 0.482 e. The number of hydrogen-bond donors (Lipinski definition) is 1. The standard InChI is InChI=1S/C26H24BrN3O5S/c27-20-7-3-18(4-8-20)16-30-23-15-21(9-12-24(23)35-17-25(30)31)28-26(32)19-5-10-22(11-6-19)36(33,34)29-13-1-2-14-29/h3-12,15H,1-2,13-14,16-17H2,(H,28,32). The van der Waals surface area contributed by atoms with Gasteiger partial charge in [-0.1, -0.05) is 28.1 Å². The topological polar surface area (TPSA) is 96.0 Å². The van der Waals surface area contributed by atoms with Gasteiger partial charge in [-0.05, 0) is 73.0 Å². The Labute approximate surface area is 218 Å². The number of nitrogens with zero attached hydrogens (tertiary/aromatic N) is 2. The molecule has 8 nitrogen and oxygen atoms in total. The predicted molar refractivity (Wildman–Crippen MR) is 140 cm³/mol. The van der Waals surface area contributed by atoms with E-state index in [2.05, 4.69) is 21.2 Å². The Morgan fingerprint density at radius 2 is 1.67 bits per heavy atom. The maximum absolute atomic E-state index is 12.9. The zero-order chi connectivity index (χ0) is 25.3. The van der Waals surface area contributed by atoms with Crippen molar-refractivity contribution < 1.29 is 22.7 Å². The highest BCUT2D eigenvalue weighted by Gasteiger charge is 2.28. The Kier molecular flexibility index (Phi) is 6.83. The minimum atomic E-state index is -3.54. The lowest BCUT2D eigenvalue weighted by molar-refractivity contribution is -0.121. The lowest BCUT2D eigenvalue weighted by Crippen LogP contribution is -2.38. The first-order valence-electron chi connectivity index (χ1n) is 11.5. The maximum atomic E-state index is 12.9. The summed E-state index contributed by atoms with van der Waals surface area (Å²) in [5.74, 6) is -0.00698. The van der Waals surface area contributed by atoms with Gasteiger partial charge in [-0.3, -0.25) is 9.59 Å². The van der Waals surface area contributed by atoms with Gasteiger partial charge in [0.1, 0.15) is 5.75 Å². The fraction of sp³-hybridized carbons (Fsp3) is 0.231. The van der Waals surface area contributed by atoms with E-state index in [1.165, 1.54) is 28.6 Å². The summed E-state index contributed by atoms with van der Waals surface area (Å²) >= 11 is 3.42. The van der Waals surface area contributed by atoms with E-state index in [1.54, 1.807) is 23.1 Å². The molecule has 2 aliphatic heterocycles. The molecule has 3 aromatic rings. The zero-order valence-electron chi connectivity index (χ0n) is 19.3. The molecule has 1 saturated heterocycles. The number of nitrogens with one attached hydrogen (secondary N) is 1. The number of hydrogen-bond acceptors (Lipinski definition) is 5. The molecule has 5 rings (SSSR count). The summed E-state index contributed by atoms with van der Waals surface area (Å²) in [4.78, 5) is 27.3. The first kappa shape index (κ1) is 24.5. The second kappa shape index (κ2) is 10.0. The second-order valence-corrected chi connectivity index (χ2v) is 11.5. The van der Waals surface area contributed by atoms with Crippen molar-refractivity contribution in [3.05, 3.63) is 82.3 Å². The van der Waals surface area contributed by atoms with E-state index in [4.69, 9.17) is 4.74 Å². The second-order valence-electron chi connectivity index (χ2n) is 8.67. The van der Waals surface area contributed by atoms with Crippen LogP contribution in [0.25, 0.3) is 0 Å². The van der Waals surface area contributed by atoms with E-state index in [9.17, 15) is 18.0 Å². The molecule has 0 unspecified atom stereocenters. The van der Waals surface area contributed by atoms with Crippen LogP contribution in [0.4, 0.5) is 11.4 Å². The van der Waals surface area contributed by atoms with Crippen LogP contribution >= 0.6 is 15.9 Å². The quantitative estimate of drug-likeness (QED) is 0.474. The number of fused-ring (bicyclic) bond motifs is 1. The van der Waals surface area contributed by atoms with Gasteiger partial charge in [-0.25, -0.2) is 8.42 Å². The third-order valence-corrected chi connectivity index (χ3v) is 8.67. The van der Waals surface area contributed by atoms with Gasteiger partial charge in [0.05, 0.1) is 17.1 Å². The van der Waals surface area contributed by atoms with Crippen LogP contribution < -0.4 is 15.0 Å². The maximum Gasteiger partial charge on any atom is 0.265 e. The molecule has 0 aromatic heterocycles. The molecule has 0 saturated carbocycles. The number of carbonyl (C=O) groups excluding carboxylic acids is 2. The lowest BCUT2D eigenvalue weighted by atomic mass is 10.1. The molecule has 2 heterocycles. The summed E-state index contributed by atoms with van der Waals surface area (Å²) in [5, 5.41) is 2.83. The molecule has 2 aliphatic rings. The summed E-state index contributed by atoms with van der Waals surface area (Å²) in [7, 11) is -3.54. The Hall–Kier alpha value is -3.21. The van der Waals surface area contributed by atoms with Crippen LogP contribution in [0.1, 0.15) is 28.8 Å². The summed E-state index contributed by atoms with van der Waals surface area (Å²) in [5.41, 5.74) is 2.34. The van der Waals surface area contributed by atoms with Crippen LogP contribution in [0.2, 0.25) is 0 Å². The zero-order valence-corrected chi connectivity index (χ0v) is 21.7. The monoisotopic (exact) mass is 569 g/mol. The van der Waals surface area contributed by atoms with Crippen LogP contribution in [0, 0.1) is 0 Å². The third kappa shape index (κ3) is 5.02. The van der Waals surface area contributed by atoms with E-state index < -0.39 is 10.0 Å². The van der Waals surface area contributed by atoms with Gasteiger partial charge in [-0.2, -0.15) is 4.31 Å². The Morgan fingerprint density at radius 3 is 2.36 bits per heavy atom. The average molecular weight is 570 g/mol. The normalized spacial score (nSPS) is 15.9. The van der Waals surface area contributed by atoms with Crippen LogP contribution in [0.3, 0.4) is 0 Å². The number of halogens is 1. The smallest absolute Gasteiger partial charge is 0.265 e. The molecule has 0 atom stereocenters. The van der Waals surface area contributed by atoms with Crippen molar-refractivity contribution in [2.45, 2.75) is 24.3 Å². The van der Waals surface area contributed by atoms with E-state index in [0.29, 0.717) is 42.3 Å². The molecule has 2 amide bonds. The highest BCUT2D eigenvalue weighted by molar-refractivity contribution is 9.10. The van der Waals surface area contributed by atoms with Crippen molar-refractivity contribution >= 4 is 49.1 Å². The molecule has 0 aliphatic carbocycles. The van der Waals surface area contributed by atoms with Crippen molar-refractivity contribution in [3.63, 3.8) is 0 Å². The number of anilines is 2. The molecule has 10 heteroatoms. The average Bonchev–Trinajstić information content (AvgIpc) is 3.43. The van der Waals surface area contributed by atoms with Crippen molar-refractivity contribution in [1.82, 2.24) is 4.31 Å². The molecule has 0 bridgehead atoms. The number of ether oxygens (including phenoxy) is 1. The van der Waals surface area contributed by atoms with Crippen molar-refractivity contribution in [1.29, 1.82) is 0 Å². The summed E-state index contributed by atoms with van der Waals surface area (Å²) < 4.78 is 33.5. The summed E-state index contributed by atoms with van der Waals surface area (Å²) in [6, 6.07) is 18.8. The number of sulfonamides is 1. The van der Waals surface area contributed by atoms with Gasteiger partial charge < -0.3 is 15.0 Å². The lowest BCUT2D eigenvalue weighted by Gasteiger charge is -2.30. The van der Waals surface area contributed by atoms with Crippen molar-refractivity contribution in [2.24, 2.45) is 0 Å². The van der Waals surface area contributed by atoms with E-state index in [1.807, 2.05) is 24.3 Å². The highest BCUT2D eigenvalue weighted by atomic mass is 79.9. The molecule has 3 aromatic carbocycles. The Morgan fingerprint density at radius 1 is 0.972 bits per heavy atom. The van der Waals surface area contributed by atoms with Gasteiger partial charge in [0.2, 0.25) is 10.0 Å². The fourth-order valence-corrected chi connectivity index (χ4v) is 6.07. The molecule has 0 radical (unpaired) electrons. The van der Waals surface area contributed by atoms with Gasteiger partial charge >= 0.3 is 0 Å². The molecule has 0 spiro atoms. The van der Waals surface area contributed by atoms with Crippen LogP contribution in [-0.4, -0.2) is 44.2 Å². The number of benzene rings is 3. The molecule has 1 N–H and O–H groups in total. The third-order valence-electron chi connectivity index (χ3n) is 6.23. The van der Waals surface area contributed by atoms with Crippen LogP contribution in [-0.2, 0) is 21.4 Å². The minimum absolute atomic E-state index is 0.0537. The SMILES string of the molecule is O=C(Nc1ccc2c(c1)N(Cc1ccc(Br)cc1)C(=O)CO2)c1ccc(S(=O)(=O)N2CCCC2)cc1. The molecule has 36 heavy (non-hydrogen) atoms. The first-order valence-corrected chi connectivity index (χ1v) is 13.8. The Bertz CT molecular complexity index is 1400. The van der Waals surface area contributed by atoms with Crippen molar-refractivity contribution in [3.8, 4) is 5.75 Å². The molecular formula is C26H24BrN3O5S. The predicted octanol–water partition coefficient (Wildman–Crippen LogP) is 4.41. The van der Waals surface area contributed by atoms with E-state index in [0.717, 1.165) is 22.9 Å². The minimum Gasteiger partial charge on any atom is -0.482 e. The van der Waals surface area contributed by atoms with Gasteiger partial charge in [0, 0.05) is 28.8 Å². The number of carbonyl (C=O) groups is 2. The van der Waals surface area contributed by atoms with Gasteiger partial charge in [0.15, 0.2) is 6.61 Å². The highest BCUT2D eigenvalue weighted by Crippen LogP contribution is 2.36. The van der Waals surface area contributed by atoms with Crippen LogP contribution in [0.15, 0.2) is 76.1 Å². The Balaban J connectivity index is 1.33. The van der Waals surface area contributed by atoms with E-state index in [-0.39, 0.29) is 23.3 Å². The fourth-order valence-electron chi connectivity index (χ4n) is 4.28. The first-order chi connectivity index (χ1) is 17.3. The number of rotatable bonds is 6. The van der Waals surface area contributed by atoms with Gasteiger partial charge in [0.25, 0.3) is 11.8 Å². The number of amides is 2. The summed E-state index contributed by atoms with van der Waals surface area (Å²) in [6.45, 7) is 1.36. The molecular weight excluding hydrogens is 546 g/mol.